The van der Waals surface area contributed by atoms with E-state index >= 15 is 0 Å². The van der Waals surface area contributed by atoms with Gasteiger partial charge in [0.2, 0.25) is 0 Å². The summed E-state index contributed by atoms with van der Waals surface area (Å²) >= 11 is 3.45. The van der Waals surface area contributed by atoms with Gasteiger partial charge in [-0.25, -0.2) is 4.79 Å². The third-order valence-electron chi connectivity index (χ3n) is 3.38. The molecule has 0 bridgehead atoms. The summed E-state index contributed by atoms with van der Waals surface area (Å²) in [5.74, 6) is 0.897. The molecule has 0 aromatic heterocycles. The van der Waals surface area contributed by atoms with Crippen LogP contribution in [0.3, 0.4) is 0 Å². The monoisotopic (exact) mass is 376 g/mol. The van der Waals surface area contributed by atoms with Crippen molar-refractivity contribution in [1.29, 1.82) is 0 Å². The molecule has 0 N–H and O–H groups in total. The van der Waals surface area contributed by atoms with Crippen molar-refractivity contribution in [1.82, 2.24) is 0 Å². The highest BCUT2D eigenvalue weighted by atomic mass is 79.9. The largest absolute Gasteiger partial charge is 0.492 e. The Bertz CT molecular complexity index is 626. The number of benzene rings is 2. The van der Waals surface area contributed by atoms with E-state index in [0.717, 1.165) is 16.6 Å². The molecule has 0 atom stereocenters. The van der Waals surface area contributed by atoms with Crippen molar-refractivity contribution in [3.63, 3.8) is 0 Å². The van der Waals surface area contributed by atoms with Crippen LogP contribution in [-0.4, -0.2) is 12.6 Å². The van der Waals surface area contributed by atoms with E-state index in [0.29, 0.717) is 17.9 Å². The van der Waals surface area contributed by atoms with Crippen LogP contribution in [0.2, 0.25) is 0 Å². The maximum absolute atomic E-state index is 12.1. The minimum absolute atomic E-state index is 0.383. The fourth-order valence-electron chi connectivity index (χ4n) is 2.11. The Hall–Kier alpha value is -1.81. The zero-order chi connectivity index (χ0) is 16.5. The Labute approximate surface area is 145 Å². The molecule has 23 heavy (non-hydrogen) atoms. The van der Waals surface area contributed by atoms with Crippen molar-refractivity contribution in [2.45, 2.75) is 32.6 Å². The van der Waals surface area contributed by atoms with Gasteiger partial charge in [0.1, 0.15) is 11.5 Å². The quantitative estimate of drug-likeness (QED) is 0.340. The number of carbonyl (C=O) groups excluding carboxylic acids is 1. The lowest BCUT2D eigenvalue weighted by Gasteiger charge is -2.10. The van der Waals surface area contributed by atoms with Gasteiger partial charge in [-0.1, -0.05) is 44.4 Å². The van der Waals surface area contributed by atoms with Crippen LogP contribution in [0.4, 0.5) is 0 Å². The van der Waals surface area contributed by atoms with Gasteiger partial charge in [-0.2, -0.15) is 0 Å². The third-order valence-corrected chi connectivity index (χ3v) is 4.00. The summed E-state index contributed by atoms with van der Waals surface area (Å²) in [7, 11) is 0. The lowest BCUT2D eigenvalue weighted by molar-refractivity contribution is 0.0734. The minimum Gasteiger partial charge on any atom is -0.492 e. The van der Waals surface area contributed by atoms with Gasteiger partial charge in [0, 0.05) is 0 Å². The Morgan fingerprint density at radius 2 is 1.83 bits per heavy atom. The summed E-state index contributed by atoms with van der Waals surface area (Å²) in [6.07, 6.45) is 4.66. The Balaban J connectivity index is 1.91. The molecule has 0 unspecified atom stereocenters. The van der Waals surface area contributed by atoms with E-state index in [1.54, 1.807) is 30.3 Å². The highest BCUT2D eigenvalue weighted by Crippen LogP contribution is 2.27. The number of unbranched alkanes of at least 4 members (excludes halogenated alkanes) is 3. The first-order valence-corrected chi connectivity index (χ1v) is 8.69. The van der Waals surface area contributed by atoms with E-state index in [2.05, 4.69) is 22.9 Å². The van der Waals surface area contributed by atoms with Crippen molar-refractivity contribution >= 4 is 21.9 Å². The van der Waals surface area contributed by atoms with Crippen LogP contribution >= 0.6 is 15.9 Å². The first-order chi connectivity index (χ1) is 11.2. The van der Waals surface area contributed by atoms with Gasteiger partial charge in [0.15, 0.2) is 0 Å². The fraction of sp³-hybridized carbons (Fsp3) is 0.316. The summed E-state index contributed by atoms with van der Waals surface area (Å²) in [6, 6.07) is 14.3. The molecule has 2 rings (SSSR count). The summed E-state index contributed by atoms with van der Waals surface area (Å²) in [5, 5.41) is 0. The molecule has 0 fully saturated rings. The highest BCUT2D eigenvalue weighted by Gasteiger charge is 2.11. The molecule has 0 heterocycles. The van der Waals surface area contributed by atoms with Gasteiger partial charge in [0.25, 0.3) is 0 Å². The minimum atomic E-state index is -0.383. The molecule has 0 aliphatic carbocycles. The second kappa shape index (κ2) is 9.36. The molecule has 0 saturated heterocycles. The summed E-state index contributed by atoms with van der Waals surface area (Å²) in [6.45, 7) is 2.87. The molecule has 0 radical (unpaired) electrons. The van der Waals surface area contributed by atoms with Crippen LogP contribution in [0, 0.1) is 0 Å². The number of hydrogen-bond acceptors (Lipinski definition) is 3. The summed E-state index contributed by atoms with van der Waals surface area (Å²) < 4.78 is 11.8. The van der Waals surface area contributed by atoms with E-state index in [9.17, 15) is 4.79 Å². The normalized spacial score (nSPS) is 10.3. The topological polar surface area (TPSA) is 35.5 Å². The third kappa shape index (κ3) is 5.71. The van der Waals surface area contributed by atoms with Crippen molar-refractivity contribution in [2.75, 3.05) is 6.61 Å². The standard InChI is InChI=1S/C19H21BrO3/c1-2-3-4-8-13-22-18-12-11-15(14-17(18)20)19(21)23-16-9-6-5-7-10-16/h5-7,9-12,14H,2-4,8,13H2,1H3. The molecule has 0 saturated carbocycles. The second-order valence-electron chi connectivity index (χ2n) is 5.26. The van der Waals surface area contributed by atoms with E-state index in [4.69, 9.17) is 9.47 Å². The Kier molecular flexibility index (Phi) is 7.14. The predicted octanol–water partition coefficient (Wildman–Crippen LogP) is 5.63. The number of esters is 1. The molecule has 4 heteroatoms. The van der Waals surface area contributed by atoms with E-state index in [1.165, 1.54) is 19.3 Å². The zero-order valence-electron chi connectivity index (χ0n) is 13.3. The van der Waals surface area contributed by atoms with Crippen LogP contribution in [-0.2, 0) is 0 Å². The molecular weight excluding hydrogens is 356 g/mol. The zero-order valence-corrected chi connectivity index (χ0v) is 14.8. The summed E-state index contributed by atoms with van der Waals surface area (Å²) in [5.41, 5.74) is 0.485. The van der Waals surface area contributed by atoms with Gasteiger partial charge in [-0.15, -0.1) is 0 Å². The fourth-order valence-corrected chi connectivity index (χ4v) is 2.60. The number of carbonyl (C=O) groups is 1. The SMILES string of the molecule is CCCCCCOc1ccc(C(=O)Oc2ccccc2)cc1Br. The van der Waals surface area contributed by atoms with Gasteiger partial charge < -0.3 is 9.47 Å². The van der Waals surface area contributed by atoms with Gasteiger partial charge in [-0.3, -0.25) is 0 Å². The number of ether oxygens (including phenoxy) is 2. The average Bonchev–Trinajstić information content (AvgIpc) is 2.56. The van der Waals surface area contributed by atoms with Crippen molar-refractivity contribution in [3.05, 3.63) is 58.6 Å². The maximum Gasteiger partial charge on any atom is 0.343 e. The van der Waals surface area contributed by atoms with E-state index < -0.39 is 0 Å². The van der Waals surface area contributed by atoms with Gasteiger partial charge in [-0.05, 0) is 52.7 Å². The first kappa shape index (κ1) is 17.5. The van der Waals surface area contributed by atoms with E-state index in [-0.39, 0.29) is 5.97 Å². The molecular formula is C19H21BrO3. The number of hydrogen-bond donors (Lipinski definition) is 0. The number of halogens is 1. The molecule has 0 aliphatic rings. The predicted molar refractivity (Wildman–Crippen MR) is 95.2 cm³/mol. The molecule has 2 aromatic carbocycles. The van der Waals surface area contributed by atoms with Gasteiger partial charge >= 0.3 is 5.97 Å². The second-order valence-corrected chi connectivity index (χ2v) is 6.11. The molecule has 0 amide bonds. The molecule has 122 valence electrons. The van der Waals surface area contributed by atoms with Crippen LogP contribution < -0.4 is 9.47 Å². The number of para-hydroxylation sites is 1. The van der Waals surface area contributed by atoms with Crippen LogP contribution in [0.1, 0.15) is 43.0 Å². The van der Waals surface area contributed by atoms with Crippen LogP contribution in [0.25, 0.3) is 0 Å². The first-order valence-electron chi connectivity index (χ1n) is 7.90. The lowest BCUT2D eigenvalue weighted by Crippen LogP contribution is -2.08. The molecule has 2 aromatic rings. The van der Waals surface area contributed by atoms with Crippen molar-refractivity contribution < 1.29 is 14.3 Å². The highest BCUT2D eigenvalue weighted by molar-refractivity contribution is 9.10. The average molecular weight is 377 g/mol. The van der Waals surface area contributed by atoms with Crippen LogP contribution in [0.5, 0.6) is 11.5 Å². The smallest absolute Gasteiger partial charge is 0.343 e. The Morgan fingerprint density at radius 3 is 2.52 bits per heavy atom. The maximum atomic E-state index is 12.1. The number of rotatable bonds is 8. The summed E-state index contributed by atoms with van der Waals surface area (Å²) in [4.78, 5) is 12.1. The molecule has 0 aliphatic heterocycles. The van der Waals surface area contributed by atoms with Crippen LogP contribution in [0.15, 0.2) is 53.0 Å². The van der Waals surface area contributed by atoms with E-state index in [1.807, 2.05) is 18.2 Å². The lowest BCUT2D eigenvalue weighted by atomic mass is 10.2. The van der Waals surface area contributed by atoms with Gasteiger partial charge in [0.05, 0.1) is 16.6 Å². The Morgan fingerprint density at radius 1 is 1.04 bits per heavy atom. The van der Waals surface area contributed by atoms with Crippen molar-refractivity contribution in [2.24, 2.45) is 0 Å². The van der Waals surface area contributed by atoms with Crippen molar-refractivity contribution in [3.8, 4) is 11.5 Å². The molecule has 0 spiro atoms. The molecule has 3 nitrogen and oxygen atoms in total.